The Morgan fingerprint density at radius 1 is 1.13 bits per heavy atom. The highest BCUT2D eigenvalue weighted by Gasteiger charge is 2.17. The molecule has 0 aliphatic heterocycles. The summed E-state index contributed by atoms with van der Waals surface area (Å²) < 4.78 is 0. The number of hydrogen-bond donors (Lipinski definition) is 0. The summed E-state index contributed by atoms with van der Waals surface area (Å²) in [5.41, 5.74) is 1.36. The Balaban J connectivity index is 2.58. The van der Waals surface area contributed by atoms with Crippen LogP contribution < -0.4 is 0 Å². The topological polar surface area (TPSA) is 0 Å². The van der Waals surface area contributed by atoms with Crippen molar-refractivity contribution in [2.45, 2.75) is 32.0 Å². The second-order valence-corrected chi connectivity index (χ2v) is 5.99. The lowest BCUT2D eigenvalue weighted by atomic mass is 9.92. The van der Waals surface area contributed by atoms with E-state index in [1.165, 1.54) is 5.56 Å². The predicted molar refractivity (Wildman–Crippen MR) is 71.9 cm³/mol. The molecule has 0 nitrogen and oxygen atoms in total. The van der Waals surface area contributed by atoms with E-state index in [2.05, 4.69) is 48.8 Å². The second-order valence-electron chi connectivity index (χ2n) is 4.50. The van der Waals surface area contributed by atoms with E-state index in [0.29, 0.717) is 16.7 Å². The fourth-order valence-corrected chi connectivity index (χ4v) is 2.07. The molecule has 2 atom stereocenters. The Hall–Kier alpha value is -0.0100. The molecule has 0 fully saturated rings. The Kier molecular flexibility index (Phi) is 5.14. The van der Waals surface area contributed by atoms with Crippen LogP contribution in [-0.4, -0.2) is 4.83 Å². The number of benzene rings is 1. The average Bonchev–Trinajstić information content (AvgIpc) is 2.20. The minimum absolute atomic E-state index is 0.577. The van der Waals surface area contributed by atoms with Gasteiger partial charge < -0.3 is 0 Å². The molecule has 0 bridgehead atoms. The van der Waals surface area contributed by atoms with Gasteiger partial charge in [0, 0.05) is 9.85 Å². The van der Waals surface area contributed by atoms with E-state index in [0.717, 1.165) is 11.4 Å². The summed E-state index contributed by atoms with van der Waals surface area (Å²) in [5.74, 6) is 1.32. The first-order valence-electron chi connectivity index (χ1n) is 5.39. The van der Waals surface area contributed by atoms with E-state index in [1.807, 2.05) is 12.1 Å². The summed E-state index contributed by atoms with van der Waals surface area (Å²) in [6.07, 6.45) is 1.10. The summed E-state index contributed by atoms with van der Waals surface area (Å²) in [6, 6.07) is 8.14. The number of hydrogen-bond acceptors (Lipinski definition) is 0. The molecular formula is C13H18BrCl. The zero-order valence-electron chi connectivity index (χ0n) is 9.50. The molecule has 0 heterocycles. The average molecular weight is 290 g/mol. The van der Waals surface area contributed by atoms with E-state index in [-0.39, 0.29) is 0 Å². The minimum Gasteiger partial charge on any atom is -0.0885 e. The van der Waals surface area contributed by atoms with Crippen molar-refractivity contribution in [3.8, 4) is 0 Å². The molecule has 0 radical (unpaired) electrons. The Labute approximate surface area is 106 Å². The highest BCUT2D eigenvalue weighted by atomic mass is 79.9. The third-order valence-corrected chi connectivity index (χ3v) is 4.86. The maximum Gasteiger partial charge on any atom is 0.0406 e. The van der Waals surface area contributed by atoms with Crippen LogP contribution in [-0.2, 0) is 6.42 Å². The van der Waals surface area contributed by atoms with Gasteiger partial charge in [-0.15, -0.1) is 0 Å². The molecule has 0 amide bonds. The van der Waals surface area contributed by atoms with Crippen LogP contribution in [0.1, 0.15) is 26.3 Å². The molecule has 1 aromatic rings. The first-order chi connectivity index (χ1) is 7.00. The second kappa shape index (κ2) is 5.91. The highest BCUT2D eigenvalue weighted by Crippen LogP contribution is 2.24. The molecule has 0 saturated carbocycles. The quantitative estimate of drug-likeness (QED) is 0.689. The molecule has 2 heteroatoms. The molecule has 2 unspecified atom stereocenters. The van der Waals surface area contributed by atoms with Crippen molar-refractivity contribution in [2.75, 3.05) is 0 Å². The van der Waals surface area contributed by atoms with Crippen molar-refractivity contribution in [3.05, 3.63) is 34.9 Å². The molecule has 15 heavy (non-hydrogen) atoms. The third-order valence-electron chi connectivity index (χ3n) is 2.65. The van der Waals surface area contributed by atoms with Crippen molar-refractivity contribution in [3.63, 3.8) is 0 Å². The van der Waals surface area contributed by atoms with Crippen LogP contribution in [0.25, 0.3) is 0 Å². The molecule has 1 aromatic carbocycles. The van der Waals surface area contributed by atoms with E-state index >= 15 is 0 Å². The van der Waals surface area contributed by atoms with Crippen molar-refractivity contribution in [1.29, 1.82) is 0 Å². The molecule has 0 N–H and O–H groups in total. The highest BCUT2D eigenvalue weighted by molar-refractivity contribution is 9.09. The molecule has 0 aliphatic rings. The van der Waals surface area contributed by atoms with Crippen molar-refractivity contribution >= 4 is 27.5 Å². The molecular weight excluding hydrogens is 272 g/mol. The van der Waals surface area contributed by atoms with E-state index in [9.17, 15) is 0 Å². The Morgan fingerprint density at radius 2 is 1.67 bits per heavy atom. The zero-order valence-corrected chi connectivity index (χ0v) is 11.8. The van der Waals surface area contributed by atoms with Gasteiger partial charge in [0.05, 0.1) is 0 Å². The smallest absolute Gasteiger partial charge is 0.0406 e. The van der Waals surface area contributed by atoms with Crippen molar-refractivity contribution < 1.29 is 0 Å². The van der Waals surface area contributed by atoms with Crippen LogP contribution in [0.2, 0.25) is 5.02 Å². The summed E-state index contributed by atoms with van der Waals surface area (Å²) in [5, 5.41) is 0.811. The lowest BCUT2D eigenvalue weighted by Gasteiger charge is -2.21. The van der Waals surface area contributed by atoms with Gasteiger partial charge in [0.1, 0.15) is 0 Å². The van der Waals surface area contributed by atoms with Gasteiger partial charge in [-0.3, -0.25) is 0 Å². The molecule has 0 spiro atoms. The summed E-state index contributed by atoms with van der Waals surface area (Å²) in [4.78, 5) is 0.577. The van der Waals surface area contributed by atoms with Gasteiger partial charge in [-0.2, -0.15) is 0 Å². The first kappa shape index (κ1) is 13.1. The standard InChI is InChI=1S/C13H18BrCl/c1-9(2)13(14)10(3)8-11-4-6-12(15)7-5-11/h4-7,9-10,13H,8H2,1-3H3. The third kappa shape index (κ3) is 4.16. The molecule has 0 saturated heterocycles. The fraction of sp³-hybridized carbons (Fsp3) is 0.538. The largest absolute Gasteiger partial charge is 0.0885 e. The maximum atomic E-state index is 5.85. The van der Waals surface area contributed by atoms with Crippen LogP contribution in [0.4, 0.5) is 0 Å². The first-order valence-corrected chi connectivity index (χ1v) is 6.68. The maximum absolute atomic E-state index is 5.85. The van der Waals surface area contributed by atoms with Gasteiger partial charge in [0.15, 0.2) is 0 Å². The number of alkyl halides is 1. The van der Waals surface area contributed by atoms with Crippen LogP contribution >= 0.6 is 27.5 Å². The van der Waals surface area contributed by atoms with Crippen molar-refractivity contribution in [1.82, 2.24) is 0 Å². The molecule has 84 valence electrons. The number of halogens is 2. The molecule has 1 rings (SSSR count). The van der Waals surface area contributed by atoms with E-state index in [1.54, 1.807) is 0 Å². The van der Waals surface area contributed by atoms with Gasteiger partial charge in [0.2, 0.25) is 0 Å². The predicted octanol–water partition coefficient (Wildman–Crippen LogP) is 4.94. The van der Waals surface area contributed by atoms with Crippen LogP contribution in [0.3, 0.4) is 0 Å². The van der Waals surface area contributed by atoms with Gasteiger partial charge in [-0.1, -0.05) is 60.4 Å². The lowest BCUT2D eigenvalue weighted by molar-refractivity contribution is 0.461. The number of rotatable bonds is 4. The minimum atomic E-state index is 0.577. The van der Waals surface area contributed by atoms with Crippen LogP contribution in [0, 0.1) is 11.8 Å². The van der Waals surface area contributed by atoms with E-state index in [4.69, 9.17) is 11.6 Å². The Bertz CT molecular complexity index is 292. The van der Waals surface area contributed by atoms with Gasteiger partial charge in [0.25, 0.3) is 0 Å². The Morgan fingerprint density at radius 3 is 2.13 bits per heavy atom. The summed E-state index contributed by atoms with van der Waals surface area (Å²) in [7, 11) is 0. The van der Waals surface area contributed by atoms with Crippen molar-refractivity contribution in [2.24, 2.45) is 11.8 Å². The lowest BCUT2D eigenvalue weighted by Crippen LogP contribution is -2.19. The van der Waals surface area contributed by atoms with Gasteiger partial charge in [-0.05, 0) is 36.0 Å². The summed E-state index contributed by atoms with van der Waals surface area (Å²) >= 11 is 9.61. The monoisotopic (exact) mass is 288 g/mol. The zero-order chi connectivity index (χ0) is 11.4. The van der Waals surface area contributed by atoms with Gasteiger partial charge >= 0.3 is 0 Å². The van der Waals surface area contributed by atoms with E-state index < -0.39 is 0 Å². The van der Waals surface area contributed by atoms with Gasteiger partial charge in [-0.25, -0.2) is 0 Å². The SMILES string of the molecule is CC(C)C(Br)C(C)Cc1ccc(Cl)cc1. The summed E-state index contributed by atoms with van der Waals surface area (Å²) in [6.45, 7) is 6.78. The fourth-order valence-electron chi connectivity index (χ4n) is 1.76. The molecule has 0 aliphatic carbocycles. The normalized spacial score (nSPS) is 15.3. The van der Waals surface area contributed by atoms with Crippen LogP contribution in [0.15, 0.2) is 24.3 Å². The molecule has 0 aromatic heterocycles. The van der Waals surface area contributed by atoms with Crippen LogP contribution in [0.5, 0.6) is 0 Å².